The first-order valence-electron chi connectivity index (χ1n) is 22.9. The number of hydrogen-bond donors (Lipinski definition) is 0. The van der Waals surface area contributed by atoms with Gasteiger partial charge in [0.1, 0.15) is 0 Å². The van der Waals surface area contributed by atoms with Crippen molar-refractivity contribution in [1.82, 2.24) is 0 Å². The molecule has 0 saturated heterocycles. The first kappa shape index (κ1) is 35.0. The molecule has 0 radical (unpaired) electrons. The molecular weight excluding hydrogens is 769 g/mol. The molecule has 13 aromatic rings. The van der Waals surface area contributed by atoms with Crippen LogP contribution in [0.1, 0.15) is 49.9 Å². The molecule has 0 N–H and O–H groups in total. The molecule has 0 unspecified atom stereocenters. The molecule has 64 heavy (non-hydrogen) atoms. The first-order valence-corrected chi connectivity index (χ1v) is 22.9. The molecule has 0 aliphatic heterocycles. The lowest BCUT2D eigenvalue weighted by Crippen LogP contribution is -2.24. The summed E-state index contributed by atoms with van der Waals surface area (Å²) in [6.07, 6.45) is 0. The Labute approximate surface area is 371 Å². The fourth-order valence-corrected chi connectivity index (χ4v) is 13.3. The molecule has 2 aliphatic carbocycles. The summed E-state index contributed by atoms with van der Waals surface area (Å²) in [4.78, 5) is 0. The quantitative estimate of drug-likeness (QED) is 0.153. The van der Waals surface area contributed by atoms with Gasteiger partial charge in [0.15, 0.2) is 0 Å². The van der Waals surface area contributed by atoms with Gasteiger partial charge in [0.2, 0.25) is 0 Å². The predicted octanol–water partition coefficient (Wildman–Crippen LogP) is 17.7. The maximum absolute atomic E-state index is 2.58. The van der Waals surface area contributed by atoms with Crippen molar-refractivity contribution in [2.75, 3.05) is 0 Å². The van der Waals surface area contributed by atoms with E-state index in [1.165, 1.54) is 153 Å². The Hall–Kier alpha value is -7.54. The van der Waals surface area contributed by atoms with Crippen LogP contribution in [0.3, 0.4) is 0 Å². The summed E-state index contributed by atoms with van der Waals surface area (Å²) in [5.74, 6) is 0. The summed E-state index contributed by atoms with van der Waals surface area (Å²) in [5, 5.41) is 21.2. The van der Waals surface area contributed by atoms with E-state index in [9.17, 15) is 0 Å². The van der Waals surface area contributed by atoms with E-state index in [2.05, 4.69) is 210 Å². The molecule has 13 aromatic carbocycles. The van der Waals surface area contributed by atoms with E-state index >= 15 is 0 Å². The largest absolute Gasteiger partial charge is 0.0616 e. The lowest BCUT2D eigenvalue weighted by atomic mass is 9.72. The molecule has 0 saturated carbocycles. The molecule has 0 spiro atoms. The molecule has 0 fully saturated rings. The van der Waals surface area contributed by atoms with Gasteiger partial charge in [0.25, 0.3) is 0 Å². The van der Waals surface area contributed by atoms with Crippen molar-refractivity contribution in [1.29, 1.82) is 0 Å². The minimum atomic E-state index is -0.247. The highest BCUT2D eigenvalue weighted by molar-refractivity contribution is 6.28. The second-order valence-electron chi connectivity index (χ2n) is 19.9. The maximum Gasteiger partial charge on any atom is 0.0162 e. The minimum absolute atomic E-state index is 0.247. The zero-order valence-corrected chi connectivity index (χ0v) is 36.3. The van der Waals surface area contributed by atoms with Gasteiger partial charge in [-0.15, -0.1) is 0 Å². The van der Waals surface area contributed by atoms with Gasteiger partial charge in [-0.05, 0) is 165 Å². The summed E-state index contributed by atoms with van der Waals surface area (Å²) < 4.78 is 0. The zero-order valence-electron chi connectivity index (χ0n) is 36.3. The minimum Gasteiger partial charge on any atom is -0.0616 e. The van der Waals surface area contributed by atoms with E-state index < -0.39 is 0 Å². The van der Waals surface area contributed by atoms with Crippen molar-refractivity contribution in [2.24, 2.45) is 0 Å². The van der Waals surface area contributed by atoms with Gasteiger partial charge < -0.3 is 0 Å². The SMILES string of the molecule is CC1(C)c2cc(-c3ccc4ccc5cccc6ccc3c4c56)c3ccccc3c2-c2ccc3c(c21)C(C)(C)c1cc(-c2ccc4ccc5cccc6ccc2c4c56)c2ccccc2c1-3. The van der Waals surface area contributed by atoms with Crippen LogP contribution < -0.4 is 0 Å². The van der Waals surface area contributed by atoms with Crippen molar-refractivity contribution in [3.63, 3.8) is 0 Å². The molecule has 0 amide bonds. The van der Waals surface area contributed by atoms with Gasteiger partial charge >= 0.3 is 0 Å². The van der Waals surface area contributed by atoms with Crippen LogP contribution in [-0.4, -0.2) is 0 Å². The van der Waals surface area contributed by atoms with Crippen LogP contribution in [0.5, 0.6) is 0 Å². The summed E-state index contributed by atoms with van der Waals surface area (Å²) in [7, 11) is 0. The number of hydrogen-bond acceptors (Lipinski definition) is 0. The third-order valence-electron chi connectivity index (χ3n) is 16.1. The average Bonchev–Trinajstić information content (AvgIpc) is 3.71. The fourth-order valence-electron chi connectivity index (χ4n) is 13.3. The Morgan fingerprint density at radius 3 is 0.984 bits per heavy atom. The molecule has 0 aromatic heterocycles. The van der Waals surface area contributed by atoms with Crippen LogP contribution in [-0.2, 0) is 10.8 Å². The Bertz CT molecular complexity index is 3920. The monoisotopic (exact) mass is 810 g/mol. The Balaban J connectivity index is 0.968. The molecule has 0 heterocycles. The summed E-state index contributed by atoms with van der Waals surface area (Å²) in [5.41, 5.74) is 16.1. The number of rotatable bonds is 2. The van der Waals surface area contributed by atoms with Crippen LogP contribution in [0.15, 0.2) is 182 Å². The molecule has 2 aliphatic rings. The molecule has 298 valence electrons. The lowest BCUT2D eigenvalue weighted by Gasteiger charge is -2.31. The van der Waals surface area contributed by atoms with Gasteiger partial charge in [0.05, 0.1) is 0 Å². The topological polar surface area (TPSA) is 0 Å². The molecular formula is C64H42. The van der Waals surface area contributed by atoms with Crippen molar-refractivity contribution < 1.29 is 0 Å². The molecule has 15 rings (SSSR count). The summed E-state index contributed by atoms with van der Waals surface area (Å²) in [6.45, 7) is 9.98. The molecule has 0 nitrogen and oxygen atoms in total. The normalized spacial score (nSPS) is 14.8. The average molecular weight is 811 g/mol. The molecule has 0 heteroatoms. The number of fused-ring (bicyclic) bond motifs is 11. The standard InChI is InChI=1S/C64H42/c1-63(2)53-33-51(43-27-23-39-21-19-35-11-9-13-37-25-29-47(43)57(39)55(35)37)41-15-5-7-17-45(41)59(53)49-31-32-50-60-46-18-8-6-16-42(46)52(34-54(60)64(3,4)62(50)61(49)63)44-28-24-40-22-20-36-12-10-14-38-26-30-48(44)58(40)56(36)38/h5-34H,1-4H3. The molecule has 0 bridgehead atoms. The third-order valence-corrected chi connectivity index (χ3v) is 16.1. The van der Waals surface area contributed by atoms with Crippen LogP contribution >= 0.6 is 0 Å². The van der Waals surface area contributed by atoms with Crippen LogP contribution in [0.25, 0.3) is 131 Å². The third kappa shape index (κ3) is 4.16. The van der Waals surface area contributed by atoms with Gasteiger partial charge in [-0.1, -0.05) is 198 Å². The fraction of sp³-hybridized carbons (Fsp3) is 0.0938. The van der Waals surface area contributed by atoms with E-state index in [1.807, 2.05) is 0 Å². The lowest BCUT2D eigenvalue weighted by molar-refractivity contribution is 0.601. The molecule has 0 atom stereocenters. The Kier molecular flexibility index (Phi) is 6.41. The highest BCUT2D eigenvalue weighted by Crippen LogP contribution is 2.62. The van der Waals surface area contributed by atoms with Crippen LogP contribution in [0, 0.1) is 0 Å². The summed E-state index contributed by atoms with van der Waals surface area (Å²) >= 11 is 0. The highest BCUT2D eigenvalue weighted by atomic mass is 14.5. The van der Waals surface area contributed by atoms with E-state index in [0.717, 1.165) is 0 Å². The van der Waals surface area contributed by atoms with Crippen LogP contribution in [0.2, 0.25) is 0 Å². The highest BCUT2D eigenvalue weighted by Gasteiger charge is 2.47. The summed E-state index contributed by atoms with van der Waals surface area (Å²) in [6, 6.07) is 69.9. The van der Waals surface area contributed by atoms with Gasteiger partial charge in [-0.25, -0.2) is 0 Å². The van der Waals surface area contributed by atoms with Crippen molar-refractivity contribution in [2.45, 2.75) is 38.5 Å². The van der Waals surface area contributed by atoms with Crippen molar-refractivity contribution in [3.8, 4) is 44.5 Å². The van der Waals surface area contributed by atoms with Crippen molar-refractivity contribution in [3.05, 3.63) is 204 Å². The van der Waals surface area contributed by atoms with E-state index in [1.54, 1.807) is 0 Å². The predicted molar refractivity (Wildman–Crippen MR) is 275 cm³/mol. The Morgan fingerprint density at radius 1 is 0.250 bits per heavy atom. The van der Waals surface area contributed by atoms with E-state index in [-0.39, 0.29) is 10.8 Å². The van der Waals surface area contributed by atoms with Gasteiger partial charge in [0, 0.05) is 10.8 Å². The number of benzene rings is 13. The second-order valence-corrected chi connectivity index (χ2v) is 19.9. The second kappa shape index (κ2) is 11.7. The van der Waals surface area contributed by atoms with Gasteiger partial charge in [-0.3, -0.25) is 0 Å². The van der Waals surface area contributed by atoms with E-state index in [4.69, 9.17) is 0 Å². The van der Waals surface area contributed by atoms with Crippen molar-refractivity contribution >= 4 is 86.2 Å². The van der Waals surface area contributed by atoms with Gasteiger partial charge in [-0.2, -0.15) is 0 Å². The van der Waals surface area contributed by atoms with Crippen LogP contribution in [0.4, 0.5) is 0 Å². The van der Waals surface area contributed by atoms with E-state index in [0.29, 0.717) is 0 Å². The first-order chi connectivity index (χ1) is 31.3. The smallest absolute Gasteiger partial charge is 0.0162 e. The zero-order chi connectivity index (χ0) is 42.4. The maximum atomic E-state index is 2.58. The Morgan fingerprint density at radius 2 is 0.578 bits per heavy atom.